The molecule has 0 unspecified atom stereocenters. The minimum absolute atomic E-state index is 0.0299. The van der Waals surface area contributed by atoms with E-state index in [1.54, 1.807) is 6.20 Å². The number of hydrogen-bond acceptors (Lipinski definition) is 6. The number of carbonyl (C=O) groups excluding carboxylic acids is 2. The van der Waals surface area contributed by atoms with Crippen LogP contribution in [-0.4, -0.2) is 31.6 Å². The molecule has 3 rings (SSSR count). The first-order valence-corrected chi connectivity index (χ1v) is 12.4. The molecule has 7 nitrogen and oxygen atoms in total. The number of halogens is 1. The standard InChI is InChI=1S/C22H22ClN3O4S2/c1-14-4-3-5-17(21(14)23)12-18-13-24-22(31-18)26-20(28)10-11-25-32(29,30)19-8-6-16(7-9-19)15(2)27/h3-9,13,25H,10-12H2,1-2H3,(H,24,26,28). The number of nitrogens with one attached hydrogen (secondary N) is 2. The van der Waals surface area contributed by atoms with Gasteiger partial charge in [-0.3, -0.25) is 9.59 Å². The van der Waals surface area contributed by atoms with Gasteiger partial charge in [-0.1, -0.05) is 41.9 Å². The quantitative estimate of drug-likeness (QED) is 0.436. The fourth-order valence-corrected chi connectivity index (χ4v) is 4.99. The highest BCUT2D eigenvalue weighted by Crippen LogP contribution is 2.26. The number of ketones is 1. The van der Waals surface area contributed by atoms with E-state index in [9.17, 15) is 18.0 Å². The maximum absolute atomic E-state index is 12.3. The molecule has 10 heteroatoms. The second kappa shape index (κ2) is 10.4. The van der Waals surface area contributed by atoms with Crippen LogP contribution >= 0.6 is 22.9 Å². The fourth-order valence-electron chi connectivity index (χ4n) is 2.91. The predicted octanol–water partition coefficient (Wildman–Crippen LogP) is 4.21. The van der Waals surface area contributed by atoms with Crippen molar-refractivity contribution in [1.82, 2.24) is 9.71 Å². The van der Waals surface area contributed by atoms with Gasteiger partial charge in [0.25, 0.3) is 0 Å². The van der Waals surface area contributed by atoms with Crippen LogP contribution in [0.5, 0.6) is 0 Å². The van der Waals surface area contributed by atoms with Crippen LogP contribution in [0, 0.1) is 6.92 Å². The molecule has 0 aliphatic heterocycles. The first kappa shape index (κ1) is 24.1. The van der Waals surface area contributed by atoms with Crippen LogP contribution in [0.1, 0.15) is 39.7 Å². The Balaban J connectivity index is 1.51. The Hall–Kier alpha value is -2.59. The number of aromatic nitrogens is 1. The van der Waals surface area contributed by atoms with Crippen LogP contribution in [0.4, 0.5) is 5.13 Å². The van der Waals surface area contributed by atoms with E-state index in [1.807, 2.05) is 25.1 Å². The number of rotatable bonds is 9. The molecule has 0 aliphatic carbocycles. The summed E-state index contributed by atoms with van der Waals surface area (Å²) in [5.41, 5.74) is 2.41. The van der Waals surface area contributed by atoms with E-state index in [-0.39, 0.29) is 29.6 Å². The van der Waals surface area contributed by atoms with Gasteiger partial charge in [-0.15, -0.1) is 11.3 Å². The molecule has 0 aliphatic rings. The summed E-state index contributed by atoms with van der Waals surface area (Å²) in [5.74, 6) is -0.500. The minimum Gasteiger partial charge on any atom is -0.302 e. The van der Waals surface area contributed by atoms with Gasteiger partial charge in [-0.05, 0) is 37.1 Å². The fraction of sp³-hybridized carbons (Fsp3) is 0.227. The summed E-state index contributed by atoms with van der Waals surface area (Å²) in [6.07, 6.45) is 2.24. The average molecular weight is 492 g/mol. The van der Waals surface area contributed by atoms with Gasteiger partial charge in [-0.25, -0.2) is 18.1 Å². The smallest absolute Gasteiger partial charge is 0.240 e. The van der Waals surface area contributed by atoms with Gasteiger partial charge in [0.1, 0.15) is 0 Å². The lowest BCUT2D eigenvalue weighted by atomic mass is 10.1. The molecule has 0 saturated heterocycles. The van der Waals surface area contributed by atoms with Crippen molar-refractivity contribution in [3.05, 3.63) is 75.3 Å². The molecule has 1 heterocycles. The number of anilines is 1. The molecule has 0 radical (unpaired) electrons. The molecular formula is C22H22ClN3O4S2. The second-order valence-electron chi connectivity index (χ2n) is 7.13. The van der Waals surface area contributed by atoms with E-state index in [2.05, 4.69) is 15.0 Å². The van der Waals surface area contributed by atoms with Crippen molar-refractivity contribution in [2.24, 2.45) is 0 Å². The zero-order chi connectivity index (χ0) is 23.3. The van der Waals surface area contributed by atoms with Crippen LogP contribution in [0.15, 0.2) is 53.6 Å². The summed E-state index contributed by atoms with van der Waals surface area (Å²) in [5, 5.41) is 3.84. The number of hydrogen-bond donors (Lipinski definition) is 2. The molecule has 168 valence electrons. The highest BCUT2D eigenvalue weighted by molar-refractivity contribution is 7.89. The zero-order valence-electron chi connectivity index (χ0n) is 17.5. The second-order valence-corrected chi connectivity index (χ2v) is 10.4. The van der Waals surface area contributed by atoms with Gasteiger partial charge < -0.3 is 5.32 Å². The Morgan fingerprint density at radius 3 is 2.53 bits per heavy atom. The third-order valence-electron chi connectivity index (χ3n) is 4.65. The maximum Gasteiger partial charge on any atom is 0.240 e. The summed E-state index contributed by atoms with van der Waals surface area (Å²) < 4.78 is 27.1. The number of nitrogens with zero attached hydrogens (tertiary/aromatic N) is 1. The molecule has 0 bridgehead atoms. The van der Waals surface area contributed by atoms with E-state index >= 15 is 0 Å². The largest absolute Gasteiger partial charge is 0.302 e. The zero-order valence-corrected chi connectivity index (χ0v) is 19.9. The number of aryl methyl sites for hydroxylation is 1. The lowest BCUT2D eigenvalue weighted by molar-refractivity contribution is -0.116. The molecule has 2 N–H and O–H groups in total. The molecule has 0 atom stereocenters. The van der Waals surface area contributed by atoms with Gasteiger partial charge in [-0.2, -0.15) is 0 Å². The highest BCUT2D eigenvalue weighted by Gasteiger charge is 2.15. The van der Waals surface area contributed by atoms with Gasteiger partial charge in [0.05, 0.1) is 4.90 Å². The summed E-state index contributed by atoms with van der Waals surface area (Å²) in [6, 6.07) is 11.5. The summed E-state index contributed by atoms with van der Waals surface area (Å²) in [4.78, 5) is 28.7. The molecule has 1 amide bonds. The number of Topliss-reactive ketones (excluding diaryl/α,β-unsaturated/α-hetero) is 1. The SMILES string of the molecule is CC(=O)c1ccc(S(=O)(=O)NCCC(=O)Nc2ncc(Cc3cccc(C)c3Cl)s2)cc1. The van der Waals surface area contributed by atoms with E-state index in [0.717, 1.165) is 21.0 Å². The number of benzene rings is 2. The Labute approximate surface area is 195 Å². The van der Waals surface area contributed by atoms with Gasteiger partial charge in [0, 0.05) is 41.0 Å². The average Bonchev–Trinajstić information content (AvgIpc) is 3.18. The predicted molar refractivity (Wildman–Crippen MR) is 126 cm³/mol. The van der Waals surface area contributed by atoms with Crippen LogP contribution in [0.2, 0.25) is 5.02 Å². The van der Waals surface area contributed by atoms with Gasteiger partial charge >= 0.3 is 0 Å². The Bertz CT molecular complexity index is 1240. The summed E-state index contributed by atoms with van der Waals surface area (Å²) >= 11 is 7.68. The molecule has 32 heavy (non-hydrogen) atoms. The minimum atomic E-state index is -3.78. The van der Waals surface area contributed by atoms with E-state index in [4.69, 9.17) is 11.6 Å². The topological polar surface area (TPSA) is 105 Å². The first-order chi connectivity index (χ1) is 15.2. The number of thiazole rings is 1. The van der Waals surface area contributed by atoms with Crippen LogP contribution < -0.4 is 10.0 Å². The summed E-state index contributed by atoms with van der Waals surface area (Å²) in [7, 11) is -3.78. The Morgan fingerprint density at radius 1 is 1.12 bits per heavy atom. The van der Waals surface area contributed by atoms with E-state index in [1.165, 1.54) is 42.5 Å². The van der Waals surface area contributed by atoms with Crippen molar-refractivity contribution in [3.8, 4) is 0 Å². The first-order valence-electron chi connectivity index (χ1n) is 9.75. The molecule has 1 aromatic heterocycles. The van der Waals surface area contributed by atoms with Crippen molar-refractivity contribution in [1.29, 1.82) is 0 Å². The molecule has 0 saturated carbocycles. The third-order valence-corrected chi connectivity index (χ3v) is 7.58. The van der Waals surface area contributed by atoms with Gasteiger partial charge in [0.2, 0.25) is 15.9 Å². The summed E-state index contributed by atoms with van der Waals surface area (Å²) in [6.45, 7) is 3.28. The molecule has 0 spiro atoms. The molecule has 3 aromatic rings. The Morgan fingerprint density at radius 2 is 1.84 bits per heavy atom. The number of amides is 1. The van der Waals surface area contributed by atoms with Crippen molar-refractivity contribution in [2.45, 2.75) is 31.6 Å². The van der Waals surface area contributed by atoms with Crippen molar-refractivity contribution < 1.29 is 18.0 Å². The highest BCUT2D eigenvalue weighted by atomic mass is 35.5. The van der Waals surface area contributed by atoms with Crippen LogP contribution in [0.3, 0.4) is 0 Å². The normalized spacial score (nSPS) is 11.3. The van der Waals surface area contributed by atoms with Crippen molar-refractivity contribution >= 4 is 49.8 Å². The third kappa shape index (κ3) is 6.23. The van der Waals surface area contributed by atoms with Gasteiger partial charge in [0.15, 0.2) is 10.9 Å². The maximum atomic E-state index is 12.3. The molecule has 0 fully saturated rings. The molecular weight excluding hydrogens is 470 g/mol. The van der Waals surface area contributed by atoms with Crippen molar-refractivity contribution in [2.75, 3.05) is 11.9 Å². The van der Waals surface area contributed by atoms with E-state index < -0.39 is 10.0 Å². The van der Waals surface area contributed by atoms with Crippen LogP contribution in [-0.2, 0) is 21.2 Å². The Kier molecular flexibility index (Phi) is 7.78. The van der Waals surface area contributed by atoms with Crippen molar-refractivity contribution in [3.63, 3.8) is 0 Å². The lowest BCUT2D eigenvalue weighted by Gasteiger charge is -2.07. The number of carbonyl (C=O) groups is 2. The molecule has 2 aromatic carbocycles. The van der Waals surface area contributed by atoms with E-state index in [0.29, 0.717) is 17.1 Å². The lowest BCUT2D eigenvalue weighted by Crippen LogP contribution is -2.27. The monoisotopic (exact) mass is 491 g/mol. The number of sulfonamides is 1. The van der Waals surface area contributed by atoms with Crippen LogP contribution in [0.25, 0.3) is 0 Å².